The summed E-state index contributed by atoms with van der Waals surface area (Å²) in [6, 6.07) is 6.48. The zero-order chi connectivity index (χ0) is 21.6. The lowest BCUT2D eigenvalue weighted by Gasteiger charge is -2.36. The van der Waals surface area contributed by atoms with Crippen molar-refractivity contribution in [3.05, 3.63) is 71.3 Å². The van der Waals surface area contributed by atoms with E-state index in [0.29, 0.717) is 12.1 Å². The van der Waals surface area contributed by atoms with Crippen LogP contribution in [0.15, 0.2) is 53.5 Å². The predicted molar refractivity (Wildman–Crippen MR) is 86.5 cm³/mol. The van der Waals surface area contributed by atoms with Crippen LogP contribution in [0.3, 0.4) is 0 Å². The number of hydrogen-bond acceptors (Lipinski definition) is 2. The second-order valence-corrected chi connectivity index (χ2v) is 6.00. The van der Waals surface area contributed by atoms with Crippen molar-refractivity contribution in [1.29, 1.82) is 0 Å². The molecule has 29 heavy (non-hydrogen) atoms. The van der Waals surface area contributed by atoms with Crippen LogP contribution in [0.2, 0.25) is 0 Å². The van der Waals surface area contributed by atoms with Gasteiger partial charge in [-0.3, -0.25) is 0 Å². The molecular weight excluding hydrogens is 412 g/mol. The fourth-order valence-electron chi connectivity index (χ4n) is 3.12. The molecule has 11 heteroatoms. The van der Waals surface area contributed by atoms with Gasteiger partial charge in [0.25, 0.3) is 0 Å². The first-order valence-corrected chi connectivity index (χ1v) is 7.92. The third-order valence-electron chi connectivity index (χ3n) is 4.33. The molecule has 1 aliphatic heterocycles. The summed E-state index contributed by atoms with van der Waals surface area (Å²) in [4.78, 5) is 3.44. The molecule has 3 rings (SSSR count). The number of alkyl halides is 6. The maximum Gasteiger partial charge on any atom is 0.579 e. The van der Waals surface area contributed by atoms with Crippen molar-refractivity contribution in [2.24, 2.45) is 4.99 Å². The van der Waals surface area contributed by atoms with E-state index in [1.54, 1.807) is 0 Å². The predicted octanol–water partition coefficient (Wildman–Crippen LogP) is 5.05. The van der Waals surface area contributed by atoms with Crippen molar-refractivity contribution in [2.45, 2.75) is 12.6 Å². The Morgan fingerprint density at radius 2 is 1.14 bits per heavy atom. The minimum absolute atomic E-state index is 0.245. The number of benzene rings is 2. The Bertz CT molecular complexity index is 959. The molecule has 0 saturated carbocycles. The molecule has 0 saturated heterocycles. The fraction of sp³-hybridized carbons (Fsp3) is 0.167. The maximum absolute atomic E-state index is 14.0. The van der Waals surface area contributed by atoms with Crippen LogP contribution >= 0.6 is 0 Å². The van der Waals surface area contributed by atoms with E-state index in [1.807, 2.05) is 0 Å². The van der Waals surface area contributed by atoms with Crippen LogP contribution in [0.25, 0.3) is 11.4 Å². The van der Waals surface area contributed by atoms with Gasteiger partial charge in [-0.1, -0.05) is 4.48 Å². The number of hydrogen-bond donors (Lipinski definition) is 1. The number of rotatable bonds is 3. The fourth-order valence-corrected chi connectivity index (χ4v) is 3.12. The van der Waals surface area contributed by atoms with Gasteiger partial charge in [-0.05, 0) is 48.5 Å². The van der Waals surface area contributed by atoms with Crippen LogP contribution < -0.4 is 0 Å². The van der Waals surface area contributed by atoms with Gasteiger partial charge in [-0.2, -0.15) is 4.99 Å². The lowest BCUT2D eigenvalue weighted by Crippen LogP contribution is -2.67. The van der Waals surface area contributed by atoms with Crippen LogP contribution in [0.4, 0.5) is 35.1 Å². The molecule has 0 unspecified atom stereocenters. The largest absolute Gasteiger partial charge is 0.579 e. The molecule has 2 aromatic rings. The molecule has 0 fully saturated rings. The summed E-state index contributed by atoms with van der Waals surface area (Å²) in [5.74, 6) is -3.28. The highest BCUT2D eigenvalue weighted by molar-refractivity contribution is 6.02. The standard InChI is InChI=1S/C18H11F8N2O/c19-12-5-1-10(2-6-12)15-16(11-3-7-13(20)8-4-11)28(17(21,22)23,18(24,25)26)14(9-29)27-15/h1-8,29H,9H2/q+1. The monoisotopic (exact) mass is 423 g/mol. The van der Waals surface area contributed by atoms with Gasteiger partial charge in [-0.15, -0.1) is 26.3 Å². The molecule has 0 spiro atoms. The molecule has 1 aliphatic rings. The first kappa shape index (κ1) is 20.9. The van der Waals surface area contributed by atoms with E-state index in [2.05, 4.69) is 4.99 Å². The normalized spacial score (nSPS) is 16.9. The van der Waals surface area contributed by atoms with Gasteiger partial charge in [-0.25, -0.2) is 8.78 Å². The molecule has 2 aromatic carbocycles. The number of quaternary nitrogens is 1. The van der Waals surface area contributed by atoms with Gasteiger partial charge in [0.2, 0.25) is 5.84 Å². The molecule has 0 amide bonds. The molecule has 1 N–H and O–H groups in total. The topological polar surface area (TPSA) is 32.6 Å². The van der Waals surface area contributed by atoms with E-state index in [9.17, 15) is 40.2 Å². The number of aliphatic hydroxyl groups is 1. The van der Waals surface area contributed by atoms with Gasteiger partial charge in [0.15, 0.2) is 5.70 Å². The Morgan fingerprint density at radius 1 is 0.724 bits per heavy atom. The van der Waals surface area contributed by atoms with E-state index in [0.717, 1.165) is 36.4 Å². The summed E-state index contributed by atoms with van der Waals surface area (Å²) in [5, 5.41) is 9.35. The van der Waals surface area contributed by atoms with Crippen molar-refractivity contribution >= 4 is 17.2 Å². The van der Waals surface area contributed by atoms with Gasteiger partial charge in [0.05, 0.1) is 0 Å². The third kappa shape index (κ3) is 3.19. The SMILES string of the molecule is OCC1=NC(c2ccc(F)cc2)=C(c2ccc(F)cc2)[N+]1(C(F)(F)F)C(F)(F)F. The molecule has 0 bridgehead atoms. The second kappa shape index (κ2) is 6.92. The van der Waals surface area contributed by atoms with Crippen molar-refractivity contribution in [2.75, 3.05) is 6.61 Å². The van der Waals surface area contributed by atoms with E-state index >= 15 is 0 Å². The molecule has 1 heterocycles. The number of amidine groups is 1. The summed E-state index contributed by atoms with van der Waals surface area (Å²) >= 11 is 0. The average molecular weight is 423 g/mol. The van der Waals surface area contributed by atoms with Gasteiger partial charge in [0, 0.05) is 11.1 Å². The number of aliphatic imine (C=N–C) groups is 1. The van der Waals surface area contributed by atoms with Crippen molar-refractivity contribution in [1.82, 2.24) is 0 Å². The molecule has 0 atom stereocenters. The highest BCUT2D eigenvalue weighted by atomic mass is 19.4. The Hall–Kier alpha value is -2.79. The highest BCUT2D eigenvalue weighted by Gasteiger charge is 2.79. The zero-order valence-electron chi connectivity index (χ0n) is 14.2. The molecule has 154 valence electrons. The van der Waals surface area contributed by atoms with Gasteiger partial charge >= 0.3 is 12.6 Å². The first-order valence-electron chi connectivity index (χ1n) is 7.92. The van der Waals surface area contributed by atoms with Crippen LogP contribution in [0.1, 0.15) is 11.1 Å². The molecule has 3 nitrogen and oxygen atoms in total. The van der Waals surface area contributed by atoms with Crippen LogP contribution in [0, 0.1) is 11.6 Å². The Kier molecular flexibility index (Phi) is 4.99. The Morgan fingerprint density at radius 3 is 1.52 bits per heavy atom. The molecule has 0 aromatic heterocycles. The molecular formula is C18H11F8N2O+. The van der Waals surface area contributed by atoms with E-state index < -0.39 is 58.1 Å². The van der Waals surface area contributed by atoms with E-state index in [4.69, 9.17) is 0 Å². The number of nitrogens with zero attached hydrogens (tertiary/aromatic N) is 2. The zero-order valence-corrected chi connectivity index (χ0v) is 14.2. The lowest BCUT2D eigenvalue weighted by atomic mass is 10.0. The smallest absolute Gasteiger partial charge is 0.384 e. The summed E-state index contributed by atoms with van der Waals surface area (Å²) < 4.78 is 107. The van der Waals surface area contributed by atoms with Crippen molar-refractivity contribution < 1.29 is 44.7 Å². The van der Waals surface area contributed by atoms with Crippen molar-refractivity contribution in [3.63, 3.8) is 0 Å². The minimum atomic E-state index is -5.99. The number of aliphatic hydroxyl groups excluding tert-OH is 1. The lowest BCUT2D eigenvalue weighted by molar-refractivity contribution is -0.990. The molecule has 0 radical (unpaired) electrons. The minimum Gasteiger partial charge on any atom is -0.384 e. The Balaban J connectivity index is 2.46. The summed E-state index contributed by atoms with van der Waals surface area (Å²) in [6.07, 6.45) is -12.0. The maximum atomic E-state index is 14.0. The van der Waals surface area contributed by atoms with Gasteiger partial charge in [0.1, 0.15) is 23.9 Å². The van der Waals surface area contributed by atoms with Gasteiger partial charge < -0.3 is 5.11 Å². The second-order valence-electron chi connectivity index (χ2n) is 6.00. The Labute approximate surface area is 158 Å². The van der Waals surface area contributed by atoms with Crippen LogP contribution in [0.5, 0.6) is 0 Å². The molecule has 0 aliphatic carbocycles. The van der Waals surface area contributed by atoms with E-state index in [1.165, 1.54) is 0 Å². The third-order valence-corrected chi connectivity index (χ3v) is 4.33. The van der Waals surface area contributed by atoms with Crippen LogP contribution in [-0.2, 0) is 0 Å². The summed E-state index contributed by atoms with van der Waals surface area (Å²) in [6.45, 7) is -1.66. The number of halogens is 8. The first-order chi connectivity index (χ1) is 13.4. The summed E-state index contributed by atoms with van der Waals surface area (Å²) in [5.41, 5.74) is -3.01. The average Bonchev–Trinajstić information content (AvgIpc) is 2.99. The van der Waals surface area contributed by atoms with E-state index in [-0.39, 0.29) is 5.56 Å². The van der Waals surface area contributed by atoms with Crippen molar-refractivity contribution in [3.8, 4) is 0 Å². The highest BCUT2D eigenvalue weighted by Crippen LogP contribution is 2.55. The van der Waals surface area contributed by atoms with Crippen LogP contribution in [-0.4, -0.2) is 34.6 Å². The quantitative estimate of drug-likeness (QED) is 0.418. The summed E-state index contributed by atoms with van der Waals surface area (Å²) in [7, 11) is 0.